The fourth-order valence-electron chi connectivity index (χ4n) is 6.19. The summed E-state index contributed by atoms with van der Waals surface area (Å²) in [5.74, 6) is -0.613. The van der Waals surface area contributed by atoms with E-state index >= 15 is 0 Å². The zero-order valence-electron chi connectivity index (χ0n) is 21.7. The number of anilines is 1. The first kappa shape index (κ1) is 26.9. The summed E-state index contributed by atoms with van der Waals surface area (Å²) in [5, 5.41) is 6.29. The molecule has 36 heavy (non-hydrogen) atoms. The van der Waals surface area contributed by atoms with Gasteiger partial charge in [-0.2, -0.15) is 4.37 Å². The number of hydrogen-bond acceptors (Lipinski definition) is 6. The lowest BCUT2D eigenvalue weighted by atomic mass is 9.91. The molecule has 1 heterocycles. The summed E-state index contributed by atoms with van der Waals surface area (Å²) in [6.07, 6.45) is 16.1. The molecule has 3 saturated carbocycles. The number of carbonyl (C=O) groups is 3. The highest BCUT2D eigenvalue weighted by molar-refractivity contribution is 7.09. The van der Waals surface area contributed by atoms with E-state index in [9.17, 15) is 14.4 Å². The predicted octanol–water partition coefficient (Wildman–Crippen LogP) is 4.79. The van der Waals surface area contributed by atoms with Crippen LogP contribution in [0.15, 0.2) is 0 Å². The van der Waals surface area contributed by atoms with Crippen molar-refractivity contribution in [2.24, 2.45) is 0 Å². The summed E-state index contributed by atoms with van der Waals surface area (Å²) in [7, 11) is 0. The van der Waals surface area contributed by atoms with Crippen LogP contribution in [0.4, 0.5) is 5.69 Å². The zero-order valence-corrected chi connectivity index (χ0v) is 22.5. The fraction of sp³-hybridized carbons (Fsp3) is 0.778. The summed E-state index contributed by atoms with van der Waals surface area (Å²) in [6, 6.07) is -0.201. The maximum Gasteiger partial charge on any atom is 0.273 e. The van der Waals surface area contributed by atoms with Crippen LogP contribution in [0, 0.1) is 0 Å². The molecular formula is C27H43N5O3S. The van der Waals surface area contributed by atoms with Crippen molar-refractivity contribution in [1.29, 1.82) is 0 Å². The van der Waals surface area contributed by atoms with Crippen molar-refractivity contribution in [3.63, 3.8) is 0 Å². The van der Waals surface area contributed by atoms with Crippen LogP contribution in [0.1, 0.15) is 130 Å². The first-order valence-electron chi connectivity index (χ1n) is 14.2. The van der Waals surface area contributed by atoms with E-state index in [0.29, 0.717) is 6.42 Å². The Morgan fingerprint density at radius 3 is 2.08 bits per heavy atom. The molecule has 0 unspecified atom stereocenters. The zero-order chi connectivity index (χ0) is 25.5. The van der Waals surface area contributed by atoms with Crippen molar-refractivity contribution in [3.8, 4) is 0 Å². The standard InChI is InChI=1S/C27H43N5O3S/c1-2-11-21(25(33)29-18-14-9-10-15-18)32(20-16-7-4-8-17-20)27(35)24-22(28)23(31-36-24)26(34)30-19-12-5-3-6-13-19/h18-21H,2-17,28H2,1H3,(H,29,33)(H,30,34)/t21-/m0/s1. The molecule has 3 aliphatic carbocycles. The molecule has 0 bridgehead atoms. The van der Waals surface area contributed by atoms with Gasteiger partial charge >= 0.3 is 0 Å². The highest BCUT2D eigenvalue weighted by Gasteiger charge is 2.38. The van der Waals surface area contributed by atoms with E-state index in [1.165, 1.54) is 6.42 Å². The normalized spacial score (nSPS) is 20.7. The highest BCUT2D eigenvalue weighted by Crippen LogP contribution is 2.32. The van der Waals surface area contributed by atoms with Crippen molar-refractivity contribution in [1.82, 2.24) is 19.9 Å². The molecule has 0 aromatic carbocycles. The molecule has 0 spiro atoms. The van der Waals surface area contributed by atoms with Gasteiger partial charge in [0, 0.05) is 18.1 Å². The second-order valence-electron chi connectivity index (χ2n) is 10.9. The molecule has 1 atom stereocenters. The van der Waals surface area contributed by atoms with Crippen LogP contribution in [-0.4, -0.2) is 51.2 Å². The SMILES string of the molecule is CCC[C@@H](C(=O)NC1CCCC1)N(C(=O)c1snc(C(=O)NC2CCCCC2)c1N)C1CCCCC1. The maximum atomic E-state index is 14.1. The first-order chi connectivity index (χ1) is 17.5. The molecule has 9 heteroatoms. The number of nitrogens with zero attached hydrogens (tertiary/aromatic N) is 2. The van der Waals surface area contributed by atoms with Crippen LogP contribution in [0.25, 0.3) is 0 Å². The Bertz CT molecular complexity index is 901. The van der Waals surface area contributed by atoms with Gasteiger partial charge in [0.1, 0.15) is 10.9 Å². The lowest BCUT2D eigenvalue weighted by Crippen LogP contribution is -2.55. The van der Waals surface area contributed by atoms with Crippen LogP contribution in [0.3, 0.4) is 0 Å². The lowest BCUT2D eigenvalue weighted by Gasteiger charge is -2.39. The highest BCUT2D eigenvalue weighted by atomic mass is 32.1. The number of aromatic nitrogens is 1. The van der Waals surface area contributed by atoms with Crippen molar-refractivity contribution >= 4 is 34.9 Å². The van der Waals surface area contributed by atoms with Crippen LogP contribution < -0.4 is 16.4 Å². The van der Waals surface area contributed by atoms with Gasteiger partial charge in [-0.1, -0.05) is 64.7 Å². The van der Waals surface area contributed by atoms with Gasteiger partial charge in [-0.3, -0.25) is 14.4 Å². The fourth-order valence-corrected chi connectivity index (χ4v) is 6.93. The lowest BCUT2D eigenvalue weighted by molar-refractivity contribution is -0.127. The molecule has 3 amide bonds. The minimum Gasteiger partial charge on any atom is -0.395 e. The quantitative estimate of drug-likeness (QED) is 0.435. The molecule has 0 saturated heterocycles. The first-order valence-corrected chi connectivity index (χ1v) is 15.0. The Hall–Kier alpha value is -2.16. The molecule has 1 aromatic heterocycles. The van der Waals surface area contributed by atoms with E-state index in [1.807, 2.05) is 6.92 Å². The summed E-state index contributed by atoms with van der Waals surface area (Å²) >= 11 is 0.988. The van der Waals surface area contributed by atoms with Crippen molar-refractivity contribution in [3.05, 3.63) is 10.6 Å². The topological polar surface area (TPSA) is 117 Å². The number of carbonyl (C=O) groups excluding carboxylic acids is 3. The molecular weight excluding hydrogens is 474 g/mol. The van der Waals surface area contributed by atoms with Crippen molar-refractivity contribution < 1.29 is 14.4 Å². The molecule has 3 fully saturated rings. The molecule has 3 aliphatic rings. The molecule has 1 aromatic rings. The molecule has 200 valence electrons. The Labute approximate surface area is 219 Å². The molecule has 0 radical (unpaired) electrons. The van der Waals surface area contributed by atoms with E-state index in [1.54, 1.807) is 4.90 Å². The average Bonchev–Trinajstić information content (AvgIpc) is 3.54. The van der Waals surface area contributed by atoms with E-state index in [2.05, 4.69) is 15.0 Å². The van der Waals surface area contributed by atoms with Gasteiger partial charge in [0.15, 0.2) is 5.69 Å². The van der Waals surface area contributed by atoms with Gasteiger partial charge in [-0.05, 0) is 56.5 Å². The third-order valence-corrected chi connectivity index (χ3v) is 9.03. The van der Waals surface area contributed by atoms with E-state index in [4.69, 9.17) is 5.73 Å². The smallest absolute Gasteiger partial charge is 0.273 e. The maximum absolute atomic E-state index is 14.1. The van der Waals surface area contributed by atoms with E-state index in [0.717, 1.165) is 101 Å². The predicted molar refractivity (Wildman–Crippen MR) is 143 cm³/mol. The van der Waals surface area contributed by atoms with Crippen LogP contribution in [-0.2, 0) is 4.79 Å². The second kappa shape index (κ2) is 12.9. The Morgan fingerprint density at radius 1 is 0.917 bits per heavy atom. The van der Waals surface area contributed by atoms with Crippen LogP contribution in [0.2, 0.25) is 0 Å². The van der Waals surface area contributed by atoms with Crippen LogP contribution in [0.5, 0.6) is 0 Å². The van der Waals surface area contributed by atoms with Gasteiger partial charge in [0.2, 0.25) is 5.91 Å². The number of nitrogens with two attached hydrogens (primary N) is 1. The largest absolute Gasteiger partial charge is 0.395 e. The van der Waals surface area contributed by atoms with Gasteiger partial charge < -0.3 is 21.3 Å². The summed E-state index contributed by atoms with van der Waals surface area (Å²) in [6.45, 7) is 2.05. The van der Waals surface area contributed by atoms with E-state index < -0.39 is 6.04 Å². The minimum atomic E-state index is -0.535. The number of nitrogen functional groups attached to an aromatic ring is 1. The summed E-state index contributed by atoms with van der Waals surface area (Å²) < 4.78 is 4.32. The minimum absolute atomic E-state index is 0.00172. The van der Waals surface area contributed by atoms with Gasteiger partial charge in [0.05, 0.1) is 5.69 Å². The third kappa shape index (κ3) is 6.39. The third-order valence-electron chi connectivity index (χ3n) is 8.18. The Morgan fingerprint density at radius 2 is 1.47 bits per heavy atom. The molecule has 8 nitrogen and oxygen atoms in total. The second-order valence-corrected chi connectivity index (χ2v) is 11.7. The van der Waals surface area contributed by atoms with Gasteiger partial charge in [-0.15, -0.1) is 0 Å². The van der Waals surface area contributed by atoms with Crippen molar-refractivity contribution in [2.75, 3.05) is 5.73 Å². The van der Waals surface area contributed by atoms with Crippen LogP contribution >= 0.6 is 11.5 Å². The number of amides is 3. The van der Waals surface area contributed by atoms with Gasteiger partial charge in [-0.25, -0.2) is 0 Å². The summed E-state index contributed by atoms with van der Waals surface area (Å²) in [5.41, 5.74) is 6.68. The summed E-state index contributed by atoms with van der Waals surface area (Å²) in [4.78, 5) is 42.6. The van der Waals surface area contributed by atoms with E-state index in [-0.39, 0.29) is 52.1 Å². The number of nitrogens with one attached hydrogen (secondary N) is 2. The monoisotopic (exact) mass is 517 g/mol. The average molecular weight is 518 g/mol. The Balaban J connectivity index is 1.56. The number of hydrogen-bond donors (Lipinski definition) is 3. The Kier molecular flexibility index (Phi) is 9.62. The van der Waals surface area contributed by atoms with Gasteiger partial charge in [0.25, 0.3) is 11.8 Å². The number of rotatable bonds is 9. The molecule has 4 N–H and O–H groups in total. The van der Waals surface area contributed by atoms with Crippen molar-refractivity contribution in [2.45, 2.75) is 134 Å². The molecule has 0 aliphatic heterocycles. The molecule has 4 rings (SSSR count).